The fraction of sp³-hybridized carbons (Fsp3) is 0.217. The van der Waals surface area contributed by atoms with Crippen molar-refractivity contribution in [1.29, 1.82) is 0 Å². The number of nitrogens with zero attached hydrogens (tertiary/aromatic N) is 1. The van der Waals surface area contributed by atoms with Gasteiger partial charge in [-0.25, -0.2) is 0 Å². The molecule has 1 heterocycles. The molecule has 0 bridgehead atoms. The van der Waals surface area contributed by atoms with Crippen LogP contribution in [0.4, 0.5) is 0 Å². The maximum absolute atomic E-state index is 12.2. The lowest BCUT2D eigenvalue weighted by Crippen LogP contribution is -2.58. The van der Waals surface area contributed by atoms with Crippen molar-refractivity contribution in [2.24, 2.45) is 0 Å². The van der Waals surface area contributed by atoms with Crippen LogP contribution in [0, 0.1) is 10.1 Å². The molecule has 0 aliphatic carbocycles. The summed E-state index contributed by atoms with van der Waals surface area (Å²) in [4.78, 5) is 11.8. The minimum absolute atomic E-state index is 0.215. The molecule has 5 nitrogen and oxygen atoms in total. The van der Waals surface area contributed by atoms with E-state index in [0.717, 1.165) is 11.1 Å². The van der Waals surface area contributed by atoms with Crippen LogP contribution >= 0.6 is 0 Å². The first-order valence-electron chi connectivity index (χ1n) is 9.37. The Morgan fingerprint density at radius 2 is 1.36 bits per heavy atom. The van der Waals surface area contributed by atoms with Gasteiger partial charge in [0, 0.05) is 17.4 Å². The van der Waals surface area contributed by atoms with Crippen LogP contribution < -0.4 is 5.32 Å². The third kappa shape index (κ3) is 3.30. The van der Waals surface area contributed by atoms with Crippen molar-refractivity contribution in [3.05, 3.63) is 118 Å². The number of aliphatic hydroxyl groups is 1. The van der Waals surface area contributed by atoms with E-state index in [1.54, 1.807) is 24.3 Å². The number of hydrogen-bond donors (Lipinski definition) is 2. The number of piperidine rings is 1. The van der Waals surface area contributed by atoms with Crippen molar-refractivity contribution in [3.63, 3.8) is 0 Å². The first-order valence-corrected chi connectivity index (χ1v) is 9.37. The molecule has 1 saturated heterocycles. The monoisotopic (exact) mass is 374 g/mol. The molecule has 142 valence electrons. The quantitative estimate of drug-likeness (QED) is 0.535. The highest BCUT2D eigenvalue weighted by atomic mass is 16.6. The van der Waals surface area contributed by atoms with Crippen molar-refractivity contribution in [2.75, 3.05) is 0 Å². The molecule has 0 saturated carbocycles. The molecule has 0 unspecified atom stereocenters. The maximum Gasteiger partial charge on any atom is 0.264 e. The van der Waals surface area contributed by atoms with Gasteiger partial charge in [0.2, 0.25) is 0 Å². The second-order valence-electron chi connectivity index (χ2n) is 7.24. The number of nitro groups is 1. The first-order chi connectivity index (χ1) is 13.6. The molecule has 3 aromatic rings. The van der Waals surface area contributed by atoms with Gasteiger partial charge in [-0.3, -0.25) is 15.4 Å². The molecule has 1 aliphatic heterocycles. The van der Waals surface area contributed by atoms with Crippen LogP contribution in [0.2, 0.25) is 0 Å². The van der Waals surface area contributed by atoms with E-state index in [2.05, 4.69) is 5.32 Å². The number of benzene rings is 3. The zero-order valence-corrected chi connectivity index (χ0v) is 15.3. The van der Waals surface area contributed by atoms with Crippen molar-refractivity contribution in [2.45, 2.75) is 30.1 Å². The molecule has 0 spiro atoms. The standard InChI is InChI=1S/C23H22N2O3/c26-23(19-14-8-3-9-15-19)16-20(17-10-4-1-5-11-17)24-21(22(23)25(27)28)18-12-6-2-7-13-18/h1-15,20-22,24,26H,16H2/t20-,21-,22-,23-/m1/s1. The molecule has 4 rings (SSSR count). The fourth-order valence-electron chi connectivity index (χ4n) is 4.22. The first kappa shape index (κ1) is 18.3. The highest BCUT2D eigenvalue weighted by Gasteiger charge is 2.56. The molecule has 5 heteroatoms. The van der Waals surface area contributed by atoms with Crippen molar-refractivity contribution in [1.82, 2.24) is 5.32 Å². The summed E-state index contributed by atoms with van der Waals surface area (Å²) < 4.78 is 0. The van der Waals surface area contributed by atoms with E-state index in [-0.39, 0.29) is 17.4 Å². The van der Waals surface area contributed by atoms with E-state index >= 15 is 0 Å². The summed E-state index contributed by atoms with van der Waals surface area (Å²) in [6.45, 7) is 0. The van der Waals surface area contributed by atoms with Gasteiger partial charge in [-0.2, -0.15) is 0 Å². The zero-order chi connectivity index (χ0) is 19.6. The van der Waals surface area contributed by atoms with E-state index in [0.29, 0.717) is 5.56 Å². The van der Waals surface area contributed by atoms with Crippen LogP contribution in [0.3, 0.4) is 0 Å². The van der Waals surface area contributed by atoms with Crippen molar-refractivity contribution in [3.8, 4) is 0 Å². The van der Waals surface area contributed by atoms with Gasteiger partial charge in [-0.05, 0) is 16.7 Å². The maximum atomic E-state index is 12.2. The molecule has 1 aliphatic rings. The predicted octanol–water partition coefficient (Wildman–Crippen LogP) is 4.00. The summed E-state index contributed by atoms with van der Waals surface area (Å²) in [7, 11) is 0. The lowest BCUT2D eigenvalue weighted by Gasteiger charge is -2.44. The van der Waals surface area contributed by atoms with Gasteiger partial charge in [0.05, 0.1) is 0 Å². The van der Waals surface area contributed by atoms with Crippen molar-refractivity contribution < 1.29 is 10.0 Å². The molecule has 2 N–H and O–H groups in total. The summed E-state index contributed by atoms with van der Waals surface area (Å²) in [5.74, 6) is 0. The highest BCUT2D eigenvalue weighted by Crippen LogP contribution is 2.45. The van der Waals surface area contributed by atoms with Crippen LogP contribution in [0.25, 0.3) is 0 Å². The Bertz CT molecular complexity index is 934. The molecule has 1 fully saturated rings. The summed E-state index contributed by atoms with van der Waals surface area (Å²) in [5.41, 5.74) is 0.760. The Morgan fingerprint density at radius 3 is 1.89 bits per heavy atom. The number of rotatable bonds is 4. The number of hydrogen-bond acceptors (Lipinski definition) is 4. The summed E-state index contributed by atoms with van der Waals surface area (Å²) in [6, 6.07) is 26.1. The number of nitrogens with one attached hydrogen (secondary N) is 1. The average molecular weight is 374 g/mol. The molecule has 4 atom stereocenters. The normalized spacial score (nSPS) is 27.2. The van der Waals surface area contributed by atoms with E-state index in [1.165, 1.54) is 0 Å². The molecule has 0 radical (unpaired) electrons. The van der Waals surface area contributed by atoms with Crippen LogP contribution in [0.1, 0.15) is 35.2 Å². The second kappa shape index (κ2) is 7.54. The largest absolute Gasteiger partial charge is 0.378 e. The van der Waals surface area contributed by atoms with Gasteiger partial charge in [0.15, 0.2) is 5.60 Å². The Morgan fingerprint density at radius 1 is 0.857 bits per heavy atom. The molecule has 28 heavy (non-hydrogen) atoms. The van der Waals surface area contributed by atoms with Gasteiger partial charge in [-0.15, -0.1) is 0 Å². The third-order valence-electron chi connectivity index (χ3n) is 5.56. The fourth-order valence-corrected chi connectivity index (χ4v) is 4.22. The van der Waals surface area contributed by atoms with E-state index in [1.807, 2.05) is 66.7 Å². The highest BCUT2D eigenvalue weighted by molar-refractivity contribution is 5.33. The minimum Gasteiger partial charge on any atom is -0.378 e. The lowest BCUT2D eigenvalue weighted by molar-refractivity contribution is -0.558. The lowest BCUT2D eigenvalue weighted by atomic mass is 9.72. The van der Waals surface area contributed by atoms with Crippen LogP contribution in [0.15, 0.2) is 91.0 Å². The molecular formula is C23H22N2O3. The van der Waals surface area contributed by atoms with E-state index < -0.39 is 17.7 Å². The Labute approximate surface area is 163 Å². The third-order valence-corrected chi connectivity index (χ3v) is 5.56. The summed E-state index contributed by atoms with van der Waals surface area (Å²) in [5, 5.41) is 27.4. The minimum atomic E-state index is -1.60. The summed E-state index contributed by atoms with van der Waals surface area (Å²) in [6.07, 6.45) is 0.218. The topological polar surface area (TPSA) is 75.4 Å². The van der Waals surface area contributed by atoms with E-state index in [9.17, 15) is 15.2 Å². The van der Waals surface area contributed by atoms with Gasteiger partial charge in [-0.1, -0.05) is 91.0 Å². The van der Waals surface area contributed by atoms with Crippen LogP contribution in [-0.2, 0) is 5.60 Å². The Balaban J connectivity index is 1.86. The predicted molar refractivity (Wildman–Crippen MR) is 107 cm³/mol. The van der Waals surface area contributed by atoms with Gasteiger partial charge in [0.1, 0.15) is 6.04 Å². The van der Waals surface area contributed by atoms with Gasteiger partial charge < -0.3 is 5.11 Å². The van der Waals surface area contributed by atoms with Crippen LogP contribution in [0.5, 0.6) is 0 Å². The van der Waals surface area contributed by atoms with Crippen molar-refractivity contribution >= 4 is 0 Å². The van der Waals surface area contributed by atoms with E-state index in [4.69, 9.17) is 0 Å². The smallest absolute Gasteiger partial charge is 0.264 e. The molecule has 0 amide bonds. The SMILES string of the molecule is O=[N+]([O-])[C@@H]1[C@@H](c2ccccc2)N[C@@H](c2ccccc2)C[C@@]1(O)c1ccccc1. The molecular weight excluding hydrogens is 352 g/mol. The molecule has 0 aromatic heterocycles. The van der Waals surface area contributed by atoms with Gasteiger partial charge >= 0.3 is 0 Å². The second-order valence-corrected chi connectivity index (χ2v) is 7.24. The zero-order valence-electron chi connectivity index (χ0n) is 15.3. The van der Waals surface area contributed by atoms with Gasteiger partial charge in [0.25, 0.3) is 6.04 Å². The Kier molecular flexibility index (Phi) is 4.94. The summed E-state index contributed by atoms with van der Waals surface area (Å²) >= 11 is 0. The Hall–Kier alpha value is -3.02. The molecule has 3 aromatic carbocycles. The average Bonchev–Trinajstić information content (AvgIpc) is 2.75. The van der Waals surface area contributed by atoms with Crippen LogP contribution in [-0.4, -0.2) is 16.1 Å².